The molecule has 6 nitrogen and oxygen atoms in total. The van der Waals surface area contributed by atoms with Gasteiger partial charge in [0.15, 0.2) is 0 Å². The maximum atomic E-state index is 12.0. The molecule has 0 bridgehead atoms. The first-order chi connectivity index (χ1) is 12.0. The number of carbonyl (C=O) groups is 2. The minimum absolute atomic E-state index is 0.281. The molecule has 0 unspecified atom stereocenters. The fourth-order valence-electron chi connectivity index (χ4n) is 2.43. The number of anilines is 2. The van der Waals surface area contributed by atoms with Gasteiger partial charge in [-0.2, -0.15) is 0 Å². The van der Waals surface area contributed by atoms with Gasteiger partial charge in [-0.1, -0.05) is 12.1 Å². The van der Waals surface area contributed by atoms with Crippen molar-refractivity contribution in [2.75, 3.05) is 24.7 Å². The molecule has 6 heteroatoms. The normalized spacial score (nSPS) is 10.3. The molecule has 0 saturated heterocycles. The van der Waals surface area contributed by atoms with Crippen LogP contribution in [0, 0.1) is 0 Å². The van der Waals surface area contributed by atoms with Crippen LogP contribution in [0.15, 0.2) is 36.4 Å². The predicted octanol–water partition coefficient (Wildman–Crippen LogP) is 2.80. The quantitative estimate of drug-likeness (QED) is 0.618. The van der Waals surface area contributed by atoms with Gasteiger partial charge in [0.05, 0.1) is 24.3 Å². The van der Waals surface area contributed by atoms with E-state index in [-0.39, 0.29) is 13.2 Å². The standard InChI is InChI=1S/C19H22N2O4/c1-3-24-18(22)14-10-12(5-7-16(14)20)9-13-6-8-17(21)15(11-13)19(23)25-4-2/h5-8,10-11H,3-4,9,20-21H2,1-2H3. The summed E-state index contributed by atoms with van der Waals surface area (Å²) in [6.07, 6.45) is 0.513. The zero-order chi connectivity index (χ0) is 18.4. The van der Waals surface area contributed by atoms with E-state index in [1.165, 1.54) is 0 Å². The van der Waals surface area contributed by atoms with Crippen molar-refractivity contribution in [2.45, 2.75) is 20.3 Å². The minimum atomic E-state index is -0.452. The molecular weight excluding hydrogens is 320 g/mol. The number of benzene rings is 2. The Hall–Kier alpha value is -3.02. The average Bonchev–Trinajstić information content (AvgIpc) is 2.58. The summed E-state index contributed by atoms with van der Waals surface area (Å²) in [6.45, 7) is 4.04. The number of hydrogen-bond donors (Lipinski definition) is 2. The van der Waals surface area contributed by atoms with E-state index in [1.807, 2.05) is 12.1 Å². The summed E-state index contributed by atoms with van der Waals surface area (Å²) in [5, 5.41) is 0. The Balaban J connectivity index is 2.28. The summed E-state index contributed by atoms with van der Waals surface area (Å²) in [5.41, 5.74) is 14.9. The van der Waals surface area contributed by atoms with E-state index in [2.05, 4.69) is 0 Å². The highest BCUT2D eigenvalue weighted by molar-refractivity contribution is 5.96. The maximum Gasteiger partial charge on any atom is 0.340 e. The van der Waals surface area contributed by atoms with Crippen LogP contribution in [0.25, 0.3) is 0 Å². The second kappa shape index (κ2) is 8.19. The van der Waals surface area contributed by atoms with Crippen molar-refractivity contribution >= 4 is 23.3 Å². The lowest BCUT2D eigenvalue weighted by molar-refractivity contribution is 0.0518. The third-order valence-electron chi connectivity index (χ3n) is 3.63. The lowest BCUT2D eigenvalue weighted by Crippen LogP contribution is -2.09. The maximum absolute atomic E-state index is 12.0. The molecule has 0 spiro atoms. The van der Waals surface area contributed by atoms with Crippen LogP contribution in [0.3, 0.4) is 0 Å². The van der Waals surface area contributed by atoms with Crippen molar-refractivity contribution in [3.05, 3.63) is 58.7 Å². The fraction of sp³-hybridized carbons (Fsp3) is 0.263. The van der Waals surface area contributed by atoms with Crippen molar-refractivity contribution in [1.29, 1.82) is 0 Å². The number of nitrogen functional groups attached to an aromatic ring is 2. The van der Waals surface area contributed by atoms with Gasteiger partial charge in [-0.15, -0.1) is 0 Å². The van der Waals surface area contributed by atoms with Gasteiger partial charge in [-0.05, 0) is 55.7 Å². The van der Waals surface area contributed by atoms with Gasteiger partial charge in [0.2, 0.25) is 0 Å². The van der Waals surface area contributed by atoms with E-state index in [0.29, 0.717) is 28.9 Å². The summed E-state index contributed by atoms with van der Waals surface area (Å²) in [4.78, 5) is 23.9. The van der Waals surface area contributed by atoms with Crippen molar-refractivity contribution in [3.8, 4) is 0 Å². The van der Waals surface area contributed by atoms with Crippen LogP contribution in [0.1, 0.15) is 45.7 Å². The molecule has 4 N–H and O–H groups in total. The van der Waals surface area contributed by atoms with Crippen LogP contribution in [0.2, 0.25) is 0 Å². The number of hydrogen-bond acceptors (Lipinski definition) is 6. The zero-order valence-corrected chi connectivity index (χ0v) is 14.4. The predicted molar refractivity (Wildman–Crippen MR) is 96.4 cm³/mol. The molecule has 132 valence electrons. The van der Waals surface area contributed by atoms with E-state index >= 15 is 0 Å². The first-order valence-electron chi connectivity index (χ1n) is 8.07. The van der Waals surface area contributed by atoms with Gasteiger partial charge in [-0.25, -0.2) is 9.59 Å². The summed E-state index contributed by atoms with van der Waals surface area (Å²) in [5.74, 6) is -0.905. The zero-order valence-electron chi connectivity index (χ0n) is 14.4. The van der Waals surface area contributed by atoms with Crippen molar-refractivity contribution in [3.63, 3.8) is 0 Å². The van der Waals surface area contributed by atoms with E-state index in [1.54, 1.807) is 38.1 Å². The highest BCUT2D eigenvalue weighted by Crippen LogP contribution is 2.21. The summed E-state index contributed by atoms with van der Waals surface area (Å²) < 4.78 is 10.0. The monoisotopic (exact) mass is 342 g/mol. The van der Waals surface area contributed by atoms with Gasteiger partial charge in [0.1, 0.15) is 0 Å². The molecule has 0 amide bonds. The topological polar surface area (TPSA) is 105 Å². The lowest BCUT2D eigenvalue weighted by atomic mass is 9.99. The Morgan fingerprint density at radius 3 is 1.56 bits per heavy atom. The van der Waals surface area contributed by atoms with Crippen molar-refractivity contribution in [1.82, 2.24) is 0 Å². The molecular formula is C19H22N2O4. The van der Waals surface area contributed by atoms with Crippen LogP contribution >= 0.6 is 0 Å². The molecule has 2 aromatic rings. The first kappa shape index (κ1) is 18.3. The molecule has 0 heterocycles. The Labute approximate surface area is 146 Å². The Morgan fingerprint density at radius 2 is 1.20 bits per heavy atom. The summed E-state index contributed by atoms with van der Waals surface area (Å²) >= 11 is 0. The molecule has 0 aliphatic carbocycles. The van der Waals surface area contributed by atoms with Gasteiger partial charge in [-0.3, -0.25) is 0 Å². The van der Waals surface area contributed by atoms with E-state index in [0.717, 1.165) is 11.1 Å². The first-order valence-corrected chi connectivity index (χ1v) is 8.07. The number of carbonyl (C=O) groups excluding carboxylic acids is 2. The molecule has 2 aromatic carbocycles. The van der Waals surface area contributed by atoms with Crippen LogP contribution in [-0.2, 0) is 15.9 Å². The number of rotatable bonds is 6. The van der Waals surface area contributed by atoms with Gasteiger partial charge in [0, 0.05) is 11.4 Å². The molecule has 0 saturated carbocycles. The molecule has 25 heavy (non-hydrogen) atoms. The van der Waals surface area contributed by atoms with Crippen molar-refractivity contribution < 1.29 is 19.1 Å². The van der Waals surface area contributed by atoms with Gasteiger partial charge >= 0.3 is 11.9 Å². The van der Waals surface area contributed by atoms with Crippen LogP contribution < -0.4 is 11.5 Å². The molecule has 0 atom stereocenters. The molecule has 0 aromatic heterocycles. The molecule has 0 radical (unpaired) electrons. The highest BCUT2D eigenvalue weighted by atomic mass is 16.5. The molecule has 0 aliphatic rings. The molecule has 0 fully saturated rings. The Morgan fingerprint density at radius 1 is 0.800 bits per heavy atom. The fourth-order valence-corrected chi connectivity index (χ4v) is 2.43. The summed E-state index contributed by atoms with van der Waals surface area (Å²) in [6, 6.07) is 10.4. The second-order valence-electron chi connectivity index (χ2n) is 5.46. The Bertz CT molecular complexity index is 721. The van der Waals surface area contributed by atoms with Crippen LogP contribution in [0.5, 0.6) is 0 Å². The van der Waals surface area contributed by atoms with Gasteiger partial charge in [0.25, 0.3) is 0 Å². The Kier molecular flexibility index (Phi) is 6.00. The number of esters is 2. The lowest BCUT2D eigenvalue weighted by Gasteiger charge is -2.10. The smallest absolute Gasteiger partial charge is 0.340 e. The van der Waals surface area contributed by atoms with E-state index in [9.17, 15) is 9.59 Å². The minimum Gasteiger partial charge on any atom is -0.462 e. The van der Waals surface area contributed by atoms with Crippen LogP contribution in [0.4, 0.5) is 11.4 Å². The third kappa shape index (κ3) is 4.50. The highest BCUT2D eigenvalue weighted by Gasteiger charge is 2.14. The average molecular weight is 342 g/mol. The van der Waals surface area contributed by atoms with E-state index < -0.39 is 11.9 Å². The molecule has 0 aliphatic heterocycles. The largest absolute Gasteiger partial charge is 0.462 e. The second-order valence-corrected chi connectivity index (χ2v) is 5.46. The van der Waals surface area contributed by atoms with E-state index in [4.69, 9.17) is 20.9 Å². The molecule has 2 rings (SSSR count). The number of nitrogens with two attached hydrogens (primary N) is 2. The SMILES string of the molecule is CCOC(=O)c1cc(Cc2ccc(N)c(C(=O)OCC)c2)ccc1N. The summed E-state index contributed by atoms with van der Waals surface area (Å²) in [7, 11) is 0. The number of ether oxygens (including phenoxy) is 2. The van der Waals surface area contributed by atoms with Crippen LogP contribution in [-0.4, -0.2) is 25.2 Å². The third-order valence-corrected chi connectivity index (χ3v) is 3.63. The van der Waals surface area contributed by atoms with Gasteiger partial charge < -0.3 is 20.9 Å². The van der Waals surface area contributed by atoms with Crippen molar-refractivity contribution in [2.24, 2.45) is 0 Å².